The lowest BCUT2D eigenvalue weighted by molar-refractivity contribution is 1.10. The second-order valence-electron chi connectivity index (χ2n) is 4.53. The van der Waals surface area contributed by atoms with Crippen molar-refractivity contribution in [3.05, 3.63) is 54.2 Å². The molecule has 1 aromatic heterocycles. The second kappa shape index (κ2) is 4.69. The van der Waals surface area contributed by atoms with Gasteiger partial charge in [0.25, 0.3) is 0 Å². The summed E-state index contributed by atoms with van der Waals surface area (Å²) in [5.41, 5.74) is 3.02. The van der Waals surface area contributed by atoms with Gasteiger partial charge in [0.05, 0.1) is 5.69 Å². The molecule has 19 heavy (non-hydrogen) atoms. The van der Waals surface area contributed by atoms with Gasteiger partial charge in [0.1, 0.15) is 0 Å². The van der Waals surface area contributed by atoms with Crippen LogP contribution in [0.1, 0.15) is 5.69 Å². The van der Waals surface area contributed by atoms with E-state index in [9.17, 15) is 0 Å². The molecule has 3 nitrogen and oxygen atoms in total. The molecule has 0 saturated carbocycles. The van der Waals surface area contributed by atoms with Gasteiger partial charge in [-0.05, 0) is 29.8 Å². The van der Waals surface area contributed by atoms with E-state index in [0.717, 1.165) is 17.0 Å². The molecule has 2 aromatic carbocycles. The number of hydrogen-bond donors (Lipinski definition) is 1. The van der Waals surface area contributed by atoms with Gasteiger partial charge in [-0.3, -0.25) is 0 Å². The van der Waals surface area contributed by atoms with Gasteiger partial charge in [-0.1, -0.05) is 36.4 Å². The van der Waals surface area contributed by atoms with Gasteiger partial charge in [0.15, 0.2) is 0 Å². The largest absolute Gasteiger partial charge is 0.357 e. The molecule has 0 aliphatic carbocycles. The van der Waals surface area contributed by atoms with Crippen molar-refractivity contribution in [1.29, 1.82) is 0 Å². The molecule has 0 fully saturated rings. The quantitative estimate of drug-likeness (QED) is 0.753. The Bertz CT molecular complexity index is 735. The Kier molecular flexibility index (Phi) is 2.88. The minimum Gasteiger partial charge on any atom is -0.357 e. The number of rotatable bonds is 2. The molecular weight excluding hydrogens is 234 g/mol. The summed E-state index contributed by atoms with van der Waals surface area (Å²) in [4.78, 5) is 8.82. The average Bonchev–Trinajstić information content (AvgIpc) is 2.46. The summed E-state index contributed by atoms with van der Waals surface area (Å²) in [5.74, 6) is 0.656. The number of fused-ring (bicyclic) bond motifs is 1. The molecule has 0 aliphatic rings. The highest BCUT2D eigenvalue weighted by Gasteiger charge is 2.04. The number of aryl methyl sites for hydroxylation is 1. The van der Waals surface area contributed by atoms with E-state index in [0.29, 0.717) is 5.95 Å². The Morgan fingerprint density at radius 1 is 0.895 bits per heavy atom. The molecule has 3 rings (SSSR count). The third kappa shape index (κ3) is 2.27. The molecule has 0 radical (unpaired) electrons. The molecule has 94 valence electrons. The van der Waals surface area contributed by atoms with E-state index in [-0.39, 0.29) is 0 Å². The number of benzene rings is 2. The van der Waals surface area contributed by atoms with Gasteiger partial charge < -0.3 is 5.32 Å². The first-order valence-corrected chi connectivity index (χ1v) is 6.29. The summed E-state index contributed by atoms with van der Waals surface area (Å²) in [6.07, 6.45) is 0. The molecule has 0 spiro atoms. The lowest BCUT2D eigenvalue weighted by atomic mass is 10.0. The third-order valence-electron chi connectivity index (χ3n) is 3.12. The van der Waals surface area contributed by atoms with Crippen molar-refractivity contribution in [2.45, 2.75) is 6.92 Å². The van der Waals surface area contributed by atoms with Crippen LogP contribution in [0.3, 0.4) is 0 Å². The van der Waals surface area contributed by atoms with Gasteiger partial charge in [-0.25, -0.2) is 9.97 Å². The number of anilines is 1. The maximum Gasteiger partial charge on any atom is 0.223 e. The summed E-state index contributed by atoms with van der Waals surface area (Å²) >= 11 is 0. The Hall–Kier alpha value is -2.42. The highest BCUT2D eigenvalue weighted by atomic mass is 15.1. The van der Waals surface area contributed by atoms with Gasteiger partial charge in [-0.2, -0.15) is 0 Å². The Morgan fingerprint density at radius 3 is 2.47 bits per heavy atom. The number of nitrogens with one attached hydrogen (secondary N) is 1. The maximum absolute atomic E-state index is 4.51. The Labute approximate surface area is 112 Å². The van der Waals surface area contributed by atoms with Crippen LogP contribution in [0.2, 0.25) is 0 Å². The zero-order valence-corrected chi connectivity index (χ0v) is 11.0. The lowest BCUT2D eigenvalue weighted by Crippen LogP contribution is -1.99. The number of hydrogen-bond acceptors (Lipinski definition) is 3. The molecule has 0 bridgehead atoms. The first-order chi connectivity index (χ1) is 9.26. The fourth-order valence-electron chi connectivity index (χ4n) is 2.18. The summed E-state index contributed by atoms with van der Waals surface area (Å²) < 4.78 is 0. The van der Waals surface area contributed by atoms with Gasteiger partial charge in [0, 0.05) is 18.3 Å². The fraction of sp³-hybridized carbons (Fsp3) is 0.125. The fourth-order valence-corrected chi connectivity index (χ4v) is 2.18. The highest BCUT2D eigenvalue weighted by molar-refractivity contribution is 5.86. The van der Waals surface area contributed by atoms with E-state index in [1.165, 1.54) is 10.8 Å². The molecule has 1 heterocycles. The predicted molar refractivity (Wildman–Crippen MR) is 79.3 cm³/mol. The first-order valence-electron chi connectivity index (χ1n) is 6.29. The van der Waals surface area contributed by atoms with Crippen LogP contribution in [0.4, 0.5) is 5.95 Å². The summed E-state index contributed by atoms with van der Waals surface area (Å²) in [6, 6.07) is 16.7. The van der Waals surface area contributed by atoms with E-state index < -0.39 is 0 Å². The van der Waals surface area contributed by atoms with Crippen LogP contribution in [-0.4, -0.2) is 17.0 Å². The standard InChI is InChI=1S/C16H15N3/c1-11-9-15(19-16(17-2)18-11)14-8-7-12-5-3-4-6-13(12)10-14/h3-10H,1-2H3,(H,17,18,19). The van der Waals surface area contributed by atoms with Gasteiger partial charge in [-0.15, -0.1) is 0 Å². The highest BCUT2D eigenvalue weighted by Crippen LogP contribution is 2.24. The van der Waals surface area contributed by atoms with Crippen molar-refractivity contribution < 1.29 is 0 Å². The zero-order chi connectivity index (χ0) is 13.2. The normalized spacial score (nSPS) is 10.6. The molecule has 3 aromatic rings. The van der Waals surface area contributed by atoms with Crippen molar-refractivity contribution >= 4 is 16.7 Å². The van der Waals surface area contributed by atoms with Crippen molar-refractivity contribution in [3.63, 3.8) is 0 Å². The Morgan fingerprint density at radius 2 is 1.68 bits per heavy atom. The molecule has 0 saturated heterocycles. The van der Waals surface area contributed by atoms with Crippen molar-refractivity contribution in [2.24, 2.45) is 0 Å². The van der Waals surface area contributed by atoms with Gasteiger partial charge in [0.2, 0.25) is 5.95 Å². The van der Waals surface area contributed by atoms with Crippen LogP contribution in [0, 0.1) is 6.92 Å². The summed E-state index contributed by atoms with van der Waals surface area (Å²) in [6.45, 7) is 1.98. The van der Waals surface area contributed by atoms with Crippen LogP contribution in [0.5, 0.6) is 0 Å². The molecule has 0 amide bonds. The summed E-state index contributed by atoms with van der Waals surface area (Å²) in [7, 11) is 1.83. The van der Waals surface area contributed by atoms with Crippen molar-refractivity contribution in [1.82, 2.24) is 9.97 Å². The van der Waals surface area contributed by atoms with E-state index in [4.69, 9.17) is 0 Å². The van der Waals surface area contributed by atoms with E-state index in [2.05, 4.69) is 57.7 Å². The topological polar surface area (TPSA) is 37.8 Å². The van der Waals surface area contributed by atoms with E-state index in [1.54, 1.807) is 0 Å². The molecular formula is C16H15N3. The minimum absolute atomic E-state index is 0.656. The molecule has 1 N–H and O–H groups in total. The average molecular weight is 249 g/mol. The van der Waals surface area contributed by atoms with Crippen LogP contribution in [0.25, 0.3) is 22.0 Å². The Balaban J connectivity index is 2.15. The van der Waals surface area contributed by atoms with Crippen LogP contribution >= 0.6 is 0 Å². The maximum atomic E-state index is 4.51. The van der Waals surface area contributed by atoms with E-state index >= 15 is 0 Å². The predicted octanol–water partition coefficient (Wildman–Crippen LogP) is 3.65. The smallest absolute Gasteiger partial charge is 0.223 e. The van der Waals surface area contributed by atoms with Gasteiger partial charge >= 0.3 is 0 Å². The lowest BCUT2D eigenvalue weighted by Gasteiger charge is -2.06. The molecule has 0 atom stereocenters. The molecule has 3 heteroatoms. The third-order valence-corrected chi connectivity index (χ3v) is 3.12. The second-order valence-corrected chi connectivity index (χ2v) is 4.53. The molecule has 0 unspecified atom stereocenters. The minimum atomic E-state index is 0.656. The number of nitrogens with zero attached hydrogens (tertiary/aromatic N) is 2. The van der Waals surface area contributed by atoms with Crippen LogP contribution in [0.15, 0.2) is 48.5 Å². The first kappa shape index (κ1) is 11.7. The SMILES string of the molecule is CNc1nc(C)cc(-c2ccc3ccccc3c2)n1. The summed E-state index contributed by atoms with van der Waals surface area (Å²) in [5, 5.41) is 5.46. The van der Waals surface area contributed by atoms with Crippen LogP contribution in [-0.2, 0) is 0 Å². The molecule has 0 aliphatic heterocycles. The van der Waals surface area contributed by atoms with Crippen molar-refractivity contribution in [2.75, 3.05) is 12.4 Å². The van der Waals surface area contributed by atoms with E-state index in [1.807, 2.05) is 20.0 Å². The number of aromatic nitrogens is 2. The van der Waals surface area contributed by atoms with Crippen molar-refractivity contribution in [3.8, 4) is 11.3 Å². The van der Waals surface area contributed by atoms with Crippen LogP contribution < -0.4 is 5.32 Å². The monoisotopic (exact) mass is 249 g/mol. The zero-order valence-electron chi connectivity index (χ0n) is 11.0.